The molecule has 7 heteroatoms. The van der Waals surface area contributed by atoms with Crippen LogP contribution in [0.2, 0.25) is 5.02 Å². The van der Waals surface area contributed by atoms with Crippen molar-refractivity contribution in [3.63, 3.8) is 0 Å². The van der Waals surface area contributed by atoms with Crippen LogP contribution in [0.15, 0.2) is 55.1 Å². The highest BCUT2D eigenvalue weighted by Crippen LogP contribution is 2.21. The molecule has 0 radical (unpaired) electrons. The summed E-state index contributed by atoms with van der Waals surface area (Å²) in [4.78, 5) is 13.5. The third-order valence-corrected chi connectivity index (χ3v) is 5.38. The van der Waals surface area contributed by atoms with Gasteiger partial charge in [-0.1, -0.05) is 23.7 Å². The Morgan fingerprint density at radius 1 is 0.857 bits per heavy atom. The molecule has 2 aromatic heterocycles. The molecular formula is C21H25ClN6. The van der Waals surface area contributed by atoms with Crippen LogP contribution in [-0.2, 0) is 6.54 Å². The molecule has 6 nitrogen and oxygen atoms in total. The molecule has 28 heavy (non-hydrogen) atoms. The Morgan fingerprint density at radius 2 is 1.57 bits per heavy atom. The Balaban J connectivity index is 1.17. The highest BCUT2D eigenvalue weighted by Gasteiger charge is 2.18. The fraction of sp³-hybridized carbons (Fsp3) is 0.381. The fourth-order valence-corrected chi connectivity index (χ4v) is 3.64. The Bertz CT molecular complexity index is 856. The van der Waals surface area contributed by atoms with Crippen molar-refractivity contribution in [2.24, 2.45) is 0 Å². The SMILES string of the molecule is Clc1ccc(-c2cnn(CCCCN3CCN(c4ncccn4)CC3)c2)cc1. The smallest absolute Gasteiger partial charge is 0.225 e. The standard InChI is InChI=1S/C21H25ClN6/c22-20-6-4-18(5-7-20)19-16-25-28(17-19)11-2-1-10-26-12-14-27(15-13-26)21-23-8-3-9-24-21/h3-9,16-17H,1-2,10-15H2. The van der Waals surface area contributed by atoms with Gasteiger partial charge in [-0.25, -0.2) is 9.97 Å². The van der Waals surface area contributed by atoms with Gasteiger partial charge >= 0.3 is 0 Å². The molecule has 1 aliphatic rings. The highest BCUT2D eigenvalue weighted by atomic mass is 35.5. The first-order valence-electron chi connectivity index (χ1n) is 9.81. The second-order valence-electron chi connectivity index (χ2n) is 7.08. The van der Waals surface area contributed by atoms with Crippen molar-refractivity contribution in [2.75, 3.05) is 37.6 Å². The second kappa shape index (κ2) is 9.17. The van der Waals surface area contributed by atoms with Gasteiger partial charge < -0.3 is 4.90 Å². The van der Waals surface area contributed by atoms with E-state index in [1.165, 1.54) is 6.42 Å². The van der Waals surface area contributed by atoms with Crippen molar-refractivity contribution in [3.8, 4) is 11.1 Å². The number of benzene rings is 1. The molecule has 0 atom stereocenters. The maximum absolute atomic E-state index is 5.96. The zero-order valence-corrected chi connectivity index (χ0v) is 16.7. The lowest BCUT2D eigenvalue weighted by Crippen LogP contribution is -2.47. The first kappa shape index (κ1) is 18.9. The summed E-state index contributed by atoms with van der Waals surface area (Å²) in [5, 5.41) is 5.25. The Labute approximate surface area is 170 Å². The van der Waals surface area contributed by atoms with Crippen molar-refractivity contribution in [1.82, 2.24) is 24.6 Å². The van der Waals surface area contributed by atoms with Crippen molar-refractivity contribution in [2.45, 2.75) is 19.4 Å². The minimum Gasteiger partial charge on any atom is -0.338 e. The van der Waals surface area contributed by atoms with Gasteiger partial charge in [0, 0.05) is 61.9 Å². The molecule has 0 amide bonds. The normalized spacial score (nSPS) is 15.1. The number of unbranched alkanes of at least 4 members (excludes halogenated alkanes) is 1. The van der Waals surface area contributed by atoms with Crippen LogP contribution in [0, 0.1) is 0 Å². The van der Waals surface area contributed by atoms with Crippen molar-refractivity contribution in [3.05, 3.63) is 60.1 Å². The molecule has 0 aliphatic carbocycles. The van der Waals surface area contributed by atoms with Crippen molar-refractivity contribution < 1.29 is 0 Å². The molecule has 0 N–H and O–H groups in total. The predicted molar refractivity (Wildman–Crippen MR) is 113 cm³/mol. The minimum absolute atomic E-state index is 0.758. The van der Waals surface area contributed by atoms with E-state index in [0.29, 0.717) is 0 Å². The lowest BCUT2D eigenvalue weighted by atomic mass is 10.1. The summed E-state index contributed by atoms with van der Waals surface area (Å²) >= 11 is 5.96. The molecule has 1 saturated heterocycles. The largest absolute Gasteiger partial charge is 0.338 e. The number of aryl methyl sites for hydroxylation is 1. The van der Waals surface area contributed by atoms with E-state index in [4.69, 9.17) is 11.6 Å². The molecule has 1 aromatic carbocycles. The number of hydrogen-bond donors (Lipinski definition) is 0. The van der Waals surface area contributed by atoms with Crippen LogP contribution in [0.1, 0.15) is 12.8 Å². The molecular weight excluding hydrogens is 372 g/mol. The minimum atomic E-state index is 0.758. The van der Waals surface area contributed by atoms with Crippen LogP contribution in [0.4, 0.5) is 5.95 Å². The molecule has 146 valence electrons. The first-order valence-corrected chi connectivity index (χ1v) is 10.2. The highest BCUT2D eigenvalue weighted by molar-refractivity contribution is 6.30. The van der Waals surface area contributed by atoms with Gasteiger partial charge in [-0.05, 0) is 43.1 Å². The van der Waals surface area contributed by atoms with Crippen LogP contribution in [0.25, 0.3) is 11.1 Å². The van der Waals surface area contributed by atoms with Gasteiger partial charge in [-0.15, -0.1) is 0 Å². The van der Waals surface area contributed by atoms with E-state index in [2.05, 4.69) is 31.1 Å². The van der Waals surface area contributed by atoms with Crippen LogP contribution >= 0.6 is 11.6 Å². The Hall–Kier alpha value is -2.44. The number of anilines is 1. The third-order valence-electron chi connectivity index (χ3n) is 5.13. The number of aromatic nitrogens is 4. The lowest BCUT2D eigenvalue weighted by molar-refractivity contribution is 0.249. The quantitative estimate of drug-likeness (QED) is 0.571. The molecule has 3 aromatic rings. The first-order chi connectivity index (χ1) is 13.8. The summed E-state index contributed by atoms with van der Waals surface area (Å²) in [6.07, 6.45) is 9.96. The topological polar surface area (TPSA) is 50.1 Å². The summed E-state index contributed by atoms with van der Waals surface area (Å²) in [6.45, 7) is 6.21. The number of rotatable bonds is 7. The summed E-state index contributed by atoms with van der Waals surface area (Å²) in [6, 6.07) is 9.75. The van der Waals surface area contributed by atoms with E-state index < -0.39 is 0 Å². The summed E-state index contributed by atoms with van der Waals surface area (Å²) in [5.74, 6) is 0.845. The van der Waals surface area contributed by atoms with E-state index >= 15 is 0 Å². The summed E-state index contributed by atoms with van der Waals surface area (Å²) in [5.41, 5.74) is 2.28. The van der Waals surface area contributed by atoms with E-state index in [9.17, 15) is 0 Å². The second-order valence-corrected chi connectivity index (χ2v) is 7.52. The molecule has 3 heterocycles. The molecule has 0 saturated carbocycles. The third kappa shape index (κ3) is 4.88. The molecule has 0 spiro atoms. The van der Waals surface area contributed by atoms with E-state index in [1.54, 1.807) is 0 Å². The summed E-state index contributed by atoms with van der Waals surface area (Å²) < 4.78 is 2.04. The average molecular weight is 397 g/mol. The van der Waals surface area contributed by atoms with Gasteiger partial charge in [0.1, 0.15) is 0 Å². The van der Waals surface area contributed by atoms with Gasteiger partial charge in [-0.2, -0.15) is 5.10 Å². The van der Waals surface area contributed by atoms with Crippen molar-refractivity contribution in [1.29, 1.82) is 0 Å². The Kier molecular flexibility index (Phi) is 6.19. The number of piperazine rings is 1. The van der Waals surface area contributed by atoms with Crippen LogP contribution in [0.3, 0.4) is 0 Å². The maximum Gasteiger partial charge on any atom is 0.225 e. The molecule has 1 aliphatic heterocycles. The van der Waals surface area contributed by atoms with Crippen molar-refractivity contribution >= 4 is 17.5 Å². The van der Waals surface area contributed by atoms with Gasteiger partial charge in [0.25, 0.3) is 0 Å². The number of halogens is 1. The van der Waals surface area contributed by atoms with Gasteiger partial charge in [0.05, 0.1) is 6.20 Å². The van der Waals surface area contributed by atoms with E-state index in [-0.39, 0.29) is 0 Å². The molecule has 1 fully saturated rings. The average Bonchev–Trinajstić information content (AvgIpc) is 3.22. The molecule has 4 rings (SSSR count). The van der Waals surface area contributed by atoms with Gasteiger partial charge in [0.2, 0.25) is 5.95 Å². The van der Waals surface area contributed by atoms with Crippen LogP contribution in [0.5, 0.6) is 0 Å². The van der Waals surface area contributed by atoms with Gasteiger partial charge in [-0.3, -0.25) is 9.58 Å². The monoisotopic (exact) mass is 396 g/mol. The van der Waals surface area contributed by atoms with Crippen LogP contribution in [-0.4, -0.2) is 57.4 Å². The molecule has 0 bridgehead atoms. The number of hydrogen-bond acceptors (Lipinski definition) is 5. The summed E-state index contributed by atoms with van der Waals surface area (Å²) in [7, 11) is 0. The van der Waals surface area contributed by atoms with E-state index in [0.717, 1.165) is 67.8 Å². The maximum atomic E-state index is 5.96. The Morgan fingerprint density at radius 3 is 2.32 bits per heavy atom. The predicted octanol–water partition coefficient (Wildman–Crippen LogP) is 3.60. The zero-order valence-electron chi connectivity index (χ0n) is 15.9. The molecule has 0 unspecified atom stereocenters. The lowest BCUT2D eigenvalue weighted by Gasteiger charge is -2.34. The number of nitrogens with zero attached hydrogens (tertiary/aromatic N) is 6. The van der Waals surface area contributed by atoms with E-state index in [1.807, 2.05) is 53.6 Å². The fourth-order valence-electron chi connectivity index (χ4n) is 3.51. The van der Waals surface area contributed by atoms with Crippen LogP contribution < -0.4 is 4.90 Å². The zero-order chi connectivity index (χ0) is 19.2. The van der Waals surface area contributed by atoms with Gasteiger partial charge in [0.15, 0.2) is 0 Å².